The third-order valence-corrected chi connectivity index (χ3v) is 5.04. The fourth-order valence-electron chi connectivity index (χ4n) is 4.29. The summed E-state index contributed by atoms with van der Waals surface area (Å²) in [7, 11) is 1.46. The lowest BCUT2D eigenvalue weighted by Gasteiger charge is -2.35. The molecule has 0 fully saturated rings. The van der Waals surface area contributed by atoms with Gasteiger partial charge in [0.1, 0.15) is 0 Å². The molecule has 1 aromatic carbocycles. The third-order valence-electron chi connectivity index (χ3n) is 5.04. The van der Waals surface area contributed by atoms with Gasteiger partial charge in [-0.2, -0.15) is 0 Å². The highest BCUT2D eigenvalue weighted by Gasteiger charge is 2.45. The fraction of sp³-hybridized carbons (Fsp3) is 0.429. The quantitative estimate of drug-likeness (QED) is 0.755. The predicted octanol–water partition coefficient (Wildman–Crippen LogP) is 4.59. The Bertz CT molecular complexity index is 706. The number of rotatable bonds is 5. The van der Waals surface area contributed by atoms with Crippen LogP contribution in [0.15, 0.2) is 42.6 Å². The molecule has 0 saturated carbocycles. The van der Waals surface area contributed by atoms with E-state index in [0.717, 1.165) is 18.5 Å². The Morgan fingerprint density at radius 1 is 1.08 bits per heavy atom. The first kappa shape index (κ1) is 16.7. The van der Waals surface area contributed by atoms with Crippen LogP contribution in [0.5, 0.6) is 0 Å². The first-order chi connectivity index (χ1) is 11.5. The number of fused-ring (bicyclic) bond motifs is 3. The second-order valence-electron chi connectivity index (χ2n) is 7.25. The molecule has 1 aliphatic rings. The van der Waals surface area contributed by atoms with E-state index in [-0.39, 0.29) is 17.3 Å². The van der Waals surface area contributed by atoms with Crippen LogP contribution in [0.25, 0.3) is 11.3 Å². The highest BCUT2D eigenvalue weighted by molar-refractivity contribution is 5.79. The Hall–Kier alpha value is -2.16. The van der Waals surface area contributed by atoms with Crippen molar-refractivity contribution in [3.63, 3.8) is 0 Å². The van der Waals surface area contributed by atoms with Gasteiger partial charge in [0.15, 0.2) is 0 Å². The van der Waals surface area contributed by atoms with E-state index in [1.165, 1.54) is 23.8 Å². The van der Waals surface area contributed by atoms with E-state index >= 15 is 0 Å². The summed E-state index contributed by atoms with van der Waals surface area (Å²) in [5, 5.41) is 0. The molecular formula is C21H25NO2. The predicted molar refractivity (Wildman–Crippen MR) is 95.7 cm³/mol. The van der Waals surface area contributed by atoms with Crippen molar-refractivity contribution in [2.75, 3.05) is 7.11 Å². The minimum atomic E-state index is -0.179. The summed E-state index contributed by atoms with van der Waals surface area (Å²) in [4.78, 5) is 16.8. The monoisotopic (exact) mass is 323 g/mol. The first-order valence-electron chi connectivity index (χ1n) is 8.63. The van der Waals surface area contributed by atoms with Crippen LogP contribution in [-0.2, 0) is 14.9 Å². The van der Waals surface area contributed by atoms with Gasteiger partial charge in [-0.05, 0) is 36.0 Å². The zero-order chi connectivity index (χ0) is 17.3. The largest absolute Gasteiger partial charge is 0.469 e. The van der Waals surface area contributed by atoms with E-state index in [4.69, 9.17) is 4.74 Å². The molecule has 1 heterocycles. The van der Waals surface area contributed by atoms with Crippen molar-refractivity contribution in [2.24, 2.45) is 11.8 Å². The lowest BCUT2D eigenvalue weighted by molar-refractivity contribution is -0.145. The molecule has 0 radical (unpaired) electrons. The molecule has 3 nitrogen and oxygen atoms in total. The van der Waals surface area contributed by atoms with Gasteiger partial charge in [0.05, 0.1) is 18.7 Å². The van der Waals surface area contributed by atoms with Crippen LogP contribution in [0, 0.1) is 11.8 Å². The summed E-state index contributed by atoms with van der Waals surface area (Å²) in [6, 6.07) is 12.7. The molecule has 0 saturated heterocycles. The molecule has 2 atom stereocenters. The van der Waals surface area contributed by atoms with Crippen LogP contribution in [0.2, 0.25) is 0 Å². The molecule has 0 N–H and O–H groups in total. The number of nitrogens with zero attached hydrogens (tertiary/aromatic N) is 1. The zero-order valence-electron chi connectivity index (χ0n) is 14.9. The lowest BCUT2D eigenvalue weighted by Crippen LogP contribution is -2.32. The maximum atomic E-state index is 12.1. The number of esters is 1. The van der Waals surface area contributed by atoms with Crippen molar-refractivity contribution in [3.8, 4) is 11.3 Å². The number of hydrogen-bond acceptors (Lipinski definition) is 3. The normalized spacial score (nSPS) is 19.7. The number of benzene rings is 1. The second kappa shape index (κ2) is 6.39. The molecule has 1 aromatic heterocycles. The van der Waals surface area contributed by atoms with Gasteiger partial charge in [0, 0.05) is 17.2 Å². The van der Waals surface area contributed by atoms with E-state index in [9.17, 15) is 4.79 Å². The average molecular weight is 323 g/mol. The van der Waals surface area contributed by atoms with E-state index in [1.54, 1.807) is 0 Å². The molecule has 126 valence electrons. The summed E-state index contributed by atoms with van der Waals surface area (Å²) >= 11 is 0. The number of carbonyl (C=O) groups is 1. The van der Waals surface area contributed by atoms with Crippen molar-refractivity contribution in [1.29, 1.82) is 0 Å². The summed E-state index contributed by atoms with van der Waals surface area (Å²) < 4.78 is 4.99. The fourth-order valence-corrected chi connectivity index (χ4v) is 4.29. The van der Waals surface area contributed by atoms with Gasteiger partial charge in [0.2, 0.25) is 0 Å². The number of hydrogen-bond donors (Lipinski definition) is 0. The van der Waals surface area contributed by atoms with Gasteiger partial charge < -0.3 is 4.74 Å². The minimum Gasteiger partial charge on any atom is -0.469 e. The Kier molecular flexibility index (Phi) is 4.44. The van der Waals surface area contributed by atoms with Crippen molar-refractivity contribution in [2.45, 2.75) is 39.0 Å². The SMILES string of the molecule is COC(=O)C(C)CC1(CC(C)C)c2ccccc2-c2ncccc21. The van der Waals surface area contributed by atoms with Crippen molar-refractivity contribution in [1.82, 2.24) is 4.98 Å². The maximum absolute atomic E-state index is 12.1. The molecule has 1 aliphatic carbocycles. The van der Waals surface area contributed by atoms with Crippen LogP contribution >= 0.6 is 0 Å². The summed E-state index contributed by atoms with van der Waals surface area (Å²) in [6.07, 6.45) is 3.59. The first-order valence-corrected chi connectivity index (χ1v) is 8.63. The topological polar surface area (TPSA) is 39.2 Å². The van der Waals surface area contributed by atoms with Crippen LogP contribution in [-0.4, -0.2) is 18.1 Å². The van der Waals surface area contributed by atoms with Gasteiger partial charge in [-0.25, -0.2) is 0 Å². The molecule has 3 rings (SSSR count). The van der Waals surface area contributed by atoms with Gasteiger partial charge in [-0.3, -0.25) is 9.78 Å². The zero-order valence-corrected chi connectivity index (χ0v) is 14.9. The molecule has 0 spiro atoms. The summed E-state index contributed by atoms with van der Waals surface area (Å²) in [5.41, 5.74) is 4.62. The average Bonchev–Trinajstić information content (AvgIpc) is 2.84. The maximum Gasteiger partial charge on any atom is 0.308 e. The molecule has 2 aromatic rings. The van der Waals surface area contributed by atoms with Gasteiger partial charge in [0.25, 0.3) is 0 Å². The van der Waals surface area contributed by atoms with Crippen LogP contribution in [0.1, 0.15) is 44.7 Å². The standard InChI is InChI=1S/C21H25NO2/c1-14(2)12-21(13-15(3)20(23)24-4)17-9-6-5-8-16(17)19-18(21)10-7-11-22-19/h5-11,14-15H,12-13H2,1-4H3. The second-order valence-corrected chi connectivity index (χ2v) is 7.25. The Labute approximate surface area is 144 Å². The van der Waals surface area contributed by atoms with Crippen molar-refractivity contribution < 1.29 is 9.53 Å². The van der Waals surface area contributed by atoms with Gasteiger partial charge in [-0.1, -0.05) is 51.1 Å². The van der Waals surface area contributed by atoms with Gasteiger partial charge in [-0.15, -0.1) is 0 Å². The Morgan fingerprint density at radius 2 is 1.79 bits per heavy atom. The third kappa shape index (κ3) is 2.62. The molecule has 2 unspecified atom stereocenters. The molecule has 0 amide bonds. The molecule has 3 heteroatoms. The van der Waals surface area contributed by atoms with E-state index in [1.807, 2.05) is 19.2 Å². The van der Waals surface area contributed by atoms with Gasteiger partial charge >= 0.3 is 5.97 Å². The molecular weight excluding hydrogens is 298 g/mol. The van der Waals surface area contributed by atoms with Crippen molar-refractivity contribution >= 4 is 5.97 Å². The van der Waals surface area contributed by atoms with E-state index in [2.05, 4.69) is 49.2 Å². The summed E-state index contributed by atoms with van der Waals surface area (Å²) in [6.45, 7) is 6.44. The van der Waals surface area contributed by atoms with E-state index in [0.29, 0.717) is 5.92 Å². The number of ether oxygens (including phenoxy) is 1. The Morgan fingerprint density at radius 3 is 2.50 bits per heavy atom. The molecule has 0 aliphatic heterocycles. The molecule has 0 bridgehead atoms. The number of aromatic nitrogens is 1. The number of carbonyl (C=O) groups excluding carboxylic acids is 1. The summed E-state index contributed by atoms with van der Waals surface area (Å²) in [5.74, 6) is 0.204. The highest BCUT2D eigenvalue weighted by Crippen LogP contribution is 2.54. The van der Waals surface area contributed by atoms with Crippen molar-refractivity contribution in [3.05, 3.63) is 53.7 Å². The molecule has 24 heavy (non-hydrogen) atoms. The Balaban J connectivity index is 2.19. The number of pyridine rings is 1. The number of methoxy groups -OCH3 is 1. The highest BCUT2D eigenvalue weighted by atomic mass is 16.5. The lowest BCUT2D eigenvalue weighted by atomic mass is 9.68. The minimum absolute atomic E-state index is 0.145. The van der Waals surface area contributed by atoms with Crippen LogP contribution in [0.4, 0.5) is 0 Å². The smallest absolute Gasteiger partial charge is 0.308 e. The van der Waals surface area contributed by atoms with E-state index < -0.39 is 0 Å². The van der Waals surface area contributed by atoms with Crippen LogP contribution in [0.3, 0.4) is 0 Å². The van der Waals surface area contributed by atoms with Crippen LogP contribution < -0.4 is 0 Å².